The number of carbonyl (C=O) groups is 4. The van der Waals surface area contributed by atoms with Gasteiger partial charge in [-0.2, -0.15) is 0 Å². The van der Waals surface area contributed by atoms with Crippen molar-refractivity contribution in [3.8, 4) is 0 Å². The van der Waals surface area contributed by atoms with Crippen molar-refractivity contribution in [3.05, 3.63) is 35.9 Å². The van der Waals surface area contributed by atoms with Crippen molar-refractivity contribution in [1.82, 2.24) is 16.0 Å². The molecular formula is C21H32N4O6. The Hall–Kier alpha value is -2.98. The van der Waals surface area contributed by atoms with Crippen LogP contribution in [0.4, 0.5) is 0 Å². The molecule has 0 radical (unpaired) electrons. The number of amides is 3. The van der Waals surface area contributed by atoms with Gasteiger partial charge in [0.1, 0.15) is 18.1 Å². The maximum atomic E-state index is 12.9. The van der Waals surface area contributed by atoms with Crippen LogP contribution in [0.5, 0.6) is 0 Å². The van der Waals surface area contributed by atoms with E-state index in [1.54, 1.807) is 44.2 Å². The fourth-order valence-electron chi connectivity index (χ4n) is 2.78. The smallest absolute Gasteiger partial charge is 0.326 e. The molecule has 0 aliphatic carbocycles. The van der Waals surface area contributed by atoms with Gasteiger partial charge in [-0.3, -0.25) is 14.4 Å². The summed E-state index contributed by atoms with van der Waals surface area (Å²) in [5.74, 6) is -3.76. The topological polar surface area (TPSA) is 171 Å². The fraction of sp³-hybridized carbons (Fsp3) is 0.524. The number of benzene rings is 1. The summed E-state index contributed by atoms with van der Waals surface area (Å²) in [6, 6.07) is 4.39. The van der Waals surface area contributed by atoms with Crippen LogP contribution in [0.1, 0.15) is 33.3 Å². The number of carbonyl (C=O) groups excluding carboxylic acids is 3. The molecule has 0 fully saturated rings. The first-order valence-corrected chi connectivity index (χ1v) is 10.1. The highest BCUT2D eigenvalue weighted by Crippen LogP contribution is 2.07. The number of carboxylic acid groups (broad SMARTS) is 1. The largest absolute Gasteiger partial charge is 0.480 e. The summed E-state index contributed by atoms with van der Waals surface area (Å²) >= 11 is 0. The van der Waals surface area contributed by atoms with Gasteiger partial charge in [0.2, 0.25) is 17.7 Å². The summed E-state index contributed by atoms with van der Waals surface area (Å²) < 4.78 is 0. The van der Waals surface area contributed by atoms with Gasteiger partial charge in [0.15, 0.2) is 0 Å². The Morgan fingerprint density at radius 2 is 1.42 bits per heavy atom. The highest BCUT2D eigenvalue weighted by Gasteiger charge is 2.33. The molecule has 0 aliphatic heterocycles. The second-order valence-corrected chi connectivity index (χ2v) is 7.83. The molecule has 0 unspecified atom stereocenters. The number of nitrogens with two attached hydrogens (primary N) is 1. The van der Waals surface area contributed by atoms with Gasteiger partial charge in [-0.25, -0.2) is 4.79 Å². The van der Waals surface area contributed by atoms with Gasteiger partial charge in [0.05, 0.1) is 12.1 Å². The zero-order chi connectivity index (χ0) is 23.7. The lowest BCUT2D eigenvalue weighted by atomic mass is 10.0. The predicted octanol–water partition coefficient (Wildman–Crippen LogP) is -0.848. The van der Waals surface area contributed by atoms with Crippen LogP contribution in [0.2, 0.25) is 0 Å². The Labute approximate surface area is 181 Å². The van der Waals surface area contributed by atoms with Crippen molar-refractivity contribution in [2.75, 3.05) is 0 Å². The third-order valence-electron chi connectivity index (χ3n) is 4.62. The van der Waals surface area contributed by atoms with Crippen molar-refractivity contribution in [1.29, 1.82) is 0 Å². The summed E-state index contributed by atoms with van der Waals surface area (Å²) in [4.78, 5) is 48.9. The molecule has 1 rings (SSSR count). The predicted molar refractivity (Wildman–Crippen MR) is 114 cm³/mol. The van der Waals surface area contributed by atoms with E-state index in [1.807, 2.05) is 0 Å². The average molecular weight is 437 g/mol. The molecule has 3 amide bonds. The summed E-state index contributed by atoms with van der Waals surface area (Å²) in [6.07, 6.45) is -1.18. The van der Waals surface area contributed by atoms with Crippen LogP contribution in [0.25, 0.3) is 0 Å². The summed E-state index contributed by atoms with van der Waals surface area (Å²) in [5.41, 5.74) is 6.34. The number of hydrogen-bond donors (Lipinski definition) is 6. The molecule has 10 heteroatoms. The highest BCUT2D eigenvalue weighted by molar-refractivity contribution is 5.94. The first-order chi connectivity index (χ1) is 14.4. The van der Waals surface area contributed by atoms with E-state index in [2.05, 4.69) is 16.0 Å². The molecule has 0 spiro atoms. The van der Waals surface area contributed by atoms with Gasteiger partial charge in [-0.15, -0.1) is 0 Å². The van der Waals surface area contributed by atoms with Gasteiger partial charge in [-0.05, 0) is 25.3 Å². The summed E-state index contributed by atoms with van der Waals surface area (Å²) in [6.45, 7) is 6.00. The van der Waals surface area contributed by atoms with Crippen LogP contribution in [-0.2, 0) is 25.6 Å². The number of aliphatic carboxylic acids is 1. The number of aliphatic hydroxyl groups is 1. The van der Waals surface area contributed by atoms with Crippen molar-refractivity contribution >= 4 is 23.7 Å². The van der Waals surface area contributed by atoms with Crippen LogP contribution < -0.4 is 21.7 Å². The van der Waals surface area contributed by atoms with E-state index in [9.17, 15) is 29.4 Å². The van der Waals surface area contributed by atoms with E-state index >= 15 is 0 Å². The molecule has 1 aromatic rings. The van der Waals surface area contributed by atoms with E-state index in [0.29, 0.717) is 0 Å². The minimum Gasteiger partial charge on any atom is -0.480 e. The van der Waals surface area contributed by atoms with Crippen LogP contribution in [0, 0.1) is 5.92 Å². The number of hydrogen-bond acceptors (Lipinski definition) is 6. The van der Waals surface area contributed by atoms with Gasteiger partial charge >= 0.3 is 5.97 Å². The number of rotatable bonds is 11. The average Bonchev–Trinajstić information content (AvgIpc) is 2.69. The third kappa shape index (κ3) is 8.35. The van der Waals surface area contributed by atoms with Gasteiger partial charge in [0.25, 0.3) is 0 Å². The Morgan fingerprint density at radius 3 is 1.87 bits per heavy atom. The van der Waals surface area contributed by atoms with E-state index in [-0.39, 0.29) is 6.42 Å². The van der Waals surface area contributed by atoms with Crippen LogP contribution >= 0.6 is 0 Å². The maximum absolute atomic E-state index is 12.9. The third-order valence-corrected chi connectivity index (χ3v) is 4.62. The molecule has 0 aliphatic rings. The molecule has 0 heterocycles. The van der Waals surface area contributed by atoms with Crippen molar-refractivity contribution in [3.63, 3.8) is 0 Å². The second kappa shape index (κ2) is 12.0. The Balaban J connectivity index is 3.02. The van der Waals surface area contributed by atoms with Crippen molar-refractivity contribution in [2.45, 2.75) is 64.4 Å². The SMILES string of the molecule is CC(C)[C@H](NC(=O)[C@@H](NC(=O)[C@H](Cc1ccccc1)NC(=O)[C@H](C)N)[C@@H](C)O)C(=O)O. The van der Waals surface area contributed by atoms with E-state index in [4.69, 9.17) is 5.73 Å². The first-order valence-electron chi connectivity index (χ1n) is 10.1. The van der Waals surface area contributed by atoms with Gasteiger partial charge in [-0.1, -0.05) is 44.2 Å². The van der Waals surface area contributed by atoms with Gasteiger partial charge in [0, 0.05) is 6.42 Å². The lowest BCUT2D eigenvalue weighted by Gasteiger charge is -2.27. The Bertz CT molecular complexity index is 766. The van der Waals surface area contributed by atoms with Gasteiger partial charge < -0.3 is 31.9 Å². The van der Waals surface area contributed by atoms with Crippen LogP contribution in [0.15, 0.2) is 30.3 Å². The molecule has 7 N–H and O–H groups in total. The molecule has 0 saturated carbocycles. The Morgan fingerprint density at radius 1 is 0.871 bits per heavy atom. The molecule has 0 bridgehead atoms. The molecule has 0 saturated heterocycles. The minimum absolute atomic E-state index is 0.128. The minimum atomic E-state index is -1.42. The molecule has 0 aromatic heterocycles. The van der Waals surface area contributed by atoms with Crippen molar-refractivity contribution in [2.24, 2.45) is 11.7 Å². The monoisotopic (exact) mass is 436 g/mol. The molecule has 5 atom stereocenters. The van der Waals surface area contributed by atoms with Crippen LogP contribution in [0.3, 0.4) is 0 Å². The lowest BCUT2D eigenvalue weighted by molar-refractivity contribution is -0.144. The van der Waals surface area contributed by atoms with Crippen molar-refractivity contribution < 1.29 is 29.4 Å². The fourth-order valence-corrected chi connectivity index (χ4v) is 2.78. The standard InChI is InChI=1S/C21H32N4O6/c1-11(2)16(21(30)31)24-20(29)17(13(4)26)25-19(28)15(23-18(27)12(3)22)10-14-8-6-5-7-9-14/h5-9,11-13,15-17,26H,10,22H2,1-4H3,(H,23,27)(H,24,29)(H,25,28)(H,30,31)/t12-,13+,15-,16-,17-/m0/s1. The van der Waals surface area contributed by atoms with E-state index in [0.717, 1.165) is 5.56 Å². The second-order valence-electron chi connectivity index (χ2n) is 7.83. The summed E-state index contributed by atoms with van der Waals surface area (Å²) in [7, 11) is 0. The maximum Gasteiger partial charge on any atom is 0.326 e. The molecular weight excluding hydrogens is 404 g/mol. The summed E-state index contributed by atoms with van der Waals surface area (Å²) in [5, 5.41) is 26.6. The molecule has 1 aromatic carbocycles. The van der Waals surface area contributed by atoms with Crippen LogP contribution in [-0.4, -0.2) is 64.2 Å². The number of nitrogens with one attached hydrogen (secondary N) is 3. The molecule has 31 heavy (non-hydrogen) atoms. The normalized spacial score (nSPS) is 15.8. The molecule has 10 nitrogen and oxygen atoms in total. The Kier molecular flexibility index (Phi) is 10.1. The zero-order valence-corrected chi connectivity index (χ0v) is 18.2. The lowest BCUT2D eigenvalue weighted by Crippen LogP contribution is -2.60. The highest BCUT2D eigenvalue weighted by atomic mass is 16.4. The van der Waals surface area contributed by atoms with E-state index in [1.165, 1.54) is 13.8 Å². The van der Waals surface area contributed by atoms with E-state index < -0.39 is 59.9 Å². The zero-order valence-electron chi connectivity index (χ0n) is 18.2. The number of carboxylic acids is 1. The first kappa shape index (κ1) is 26.1. The number of aliphatic hydroxyl groups excluding tert-OH is 1. The molecule has 172 valence electrons. The quantitative estimate of drug-likeness (QED) is 0.262.